The number of aromatic nitrogens is 1. The summed E-state index contributed by atoms with van der Waals surface area (Å²) in [5.41, 5.74) is 2.13. The first kappa shape index (κ1) is 14.2. The van der Waals surface area contributed by atoms with Gasteiger partial charge in [-0.2, -0.15) is 0 Å². The molecule has 2 aromatic rings. The molecule has 0 bridgehead atoms. The van der Waals surface area contributed by atoms with Crippen molar-refractivity contribution in [1.82, 2.24) is 10.3 Å². The number of nitrogens with zero attached hydrogens (tertiary/aromatic N) is 1. The Morgan fingerprint density at radius 1 is 1.42 bits per heavy atom. The van der Waals surface area contributed by atoms with E-state index >= 15 is 0 Å². The van der Waals surface area contributed by atoms with Crippen molar-refractivity contribution in [2.24, 2.45) is 0 Å². The van der Waals surface area contributed by atoms with Gasteiger partial charge in [0.2, 0.25) is 0 Å². The van der Waals surface area contributed by atoms with Gasteiger partial charge < -0.3 is 10.1 Å². The van der Waals surface area contributed by atoms with Crippen LogP contribution in [-0.2, 0) is 16.1 Å². The summed E-state index contributed by atoms with van der Waals surface area (Å²) in [6.45, 7) is 1.27. The zero-order valence-electron chi connectivity index (χ0n) is 10.6. The summed E-state index contributed by atoms with van der Waals surface area (Å²) in [6, 6.07) is 10.1. The molecular weight excluding hydrogens is 355 g/mol. The number of methoxy groups -OCH3 is 1. The van der Waals surface area contributed by atoms with Crippen LogP contribution < -0.4 is 5.32 Å². The second kappa shape index (κ2) is 6.81. The van der Waals surface area contributed by atoms with Crippen LogP contribution in [-0.4, -0.2) is 28.5 Å². The maximum absolute atomic E-state index is 11.3. The molecule has 0 saturated heterocycles. The first-order valence-electron chi connectivity index (χ1n) is 5.97. The fourth-order valence-electron chi connectivity index (χ4n) is 1.85. The van der Waals surface area contributed by atoms with Crippen LogP contribution in [0.2, 0.25) is 0 Å². The van der Waals surface area contributed by atoms with E-state index in [-0.39, 0.29) is 9.89 Å². The van der Waals surface area contributed by atoms with Gasteiger partial charge in [0.05, 0.1) is 12.6 Å². The third-order valence-electron chi connectivity index (χ3n) is 2.81. The van der Waals surface area contributed by atoms with Crippen molar-refractivity contribution in [3.8, 4) is 0 Å². The number of halogens is 1. The molecule has 1 unspecified atom stereocenters. The summed E-state index contributed by atoms with van der Waals surface area (Å²) >= 11 is 2.08. The van der Waals surface area contributed by atoms with Crippen molar-refractivity contribution < 1.29 is 9.53 Å². The highest BCUT2D eigenvalue weighted by Crippen LogP contribution is 2.15. The second-order valence-electron chi connectivity index (χ2n) is 4.11. The summed E-state index contributed by atoms with van der Waals surface area (Å²) in [5, 5.41) is 4.39. The fourth-order valence-corrected chi connectivity index (χ4v) is 2.42. The Hall–Kier alpha value is -1.21. The lowest BCUT2D eigenvalue weighted by Crippen LogP contribution is -2.29. The molecule has 0 radical (unpaired) electrons. The number of alkyl halides is 1. The molecule has 5 heteroatoms. The van der Waals surface area contributed by atoms with E-state index in [2.05, 4.69) is 37.6 Å². The standard InChI is InChI=1S/C14H15IN2O2/c1-19-14(18)12(15)9-16-8-11-5-2-4-10-6-3-7-17-13(10)11/h2-7,12,16H,8-9H2,1H3. The molecule has 0 aliphatic heterocycles. The van der Waals surface area contributed by atoms with Crippen LogP contribution >= 0.6 is 22.6 Å². The molecule has 1 N–H and O–H groups in total. The normalized spacial score (nSPS) is 12.3. The van der Waals surface area contributed by atoms with Gasteiger partial charge in [-0.3, -0.25) is 9.78 Å². The Bertz CT molecular complexity index is 569. The first-order chi connectivity index (χ1) is 9.22. The third-order valence-corrected chi connectivity index (χ3v) is 3.76. The van der Waals surface area contributed by atoms with Crippen molar-refractivity contribution in [1.29, 1.82) is 0 Å². The Balaban J connectivity index is 2.00. The molecule has 0 fully saturated rings. The third kappa shape index (κ3) is 3.63. The van der Waals surface area contributed by atoms with E-state index in [0.29, 0.717) is 13.1 Å². The van der Waals surface area contributed by atoms with E-state index < -0.39 is 0 Å². The highest BCUT2D eigenvalue weighted by atomic mass is 127. The van der Waals surface area contributed by atoms with Crippen molar-refractivity contribution in [2.45, 2.75) is 10.5 Å². The number of esters is 1. The molecule has 0 spiro atoms. The van der Waals surface area contributed by atoms with E-state index in [9.17, 15) is 4.79 Å². The van der Waals surface area contributed by atoms with Gasteiger partial charge in [-0.25, -0.2) is 0 Å². The van der Waals surface area contributed by atoms with Crippen molar-refractivity contribution >= 4 is 39.5 Å². The maximum atomic E-state index is 11.3. The van der Waals surface area contributed by atoms with E-state index in [1.165, 1.54) is 7.11 Å². The van der Waals surface area contributed by atoms with E-state index in [1.807, 2.05) is 30.3 Å². The van der Waals surface area contributed by atoms with E-state index in [0.717, 1.165) is 16.5 Å². The zero-order chi connectivity index (χ0) is 13.7. The van der Waals surface area contributed by atoms with Crippen LogP contribution in [0.3, 0.4) is 0 Å². The number of benzene rings is 1. The monoisotopic (exact) mass is 370 g/mol. The summed E-state index contributed by atoms with van der Waals surface area (Å²) in [4.78, 5) is 15.7. The minimum atomic E-state index is -0.204. The summed E-state index contributed by atoms with van der Waals surface area (Å²) in [7, 11) is 1.41. The minimum absolute atomic E-state index is 0.175. The van der Waals surface area contributed by atoms with Gasteiger partial charge in [0.1, 0.15) is 3.92 Å². The molecule has 1 aromatic carbocycles. The Labute approximate surface area is 125 Å². The van der Waals surface area contributed by atoms with Gasteiger partial charge >= 0.3 is 5.97 Å². The van der Waals surface area contributed by atoms with Crippen LogP contribution in [0.1, 0.15) is 5.56 Å². The summed E-state index contributed by atoms with van der Waals surface area (Å²) < 4.78 is 4.51. The molecule has 100 valence electrons. The van der Waals surface area contributed by atoms with Crippen LogP contribution in [0.15, 0.2) is 36.5 Å². The maximum Gasteiger partial charge on any atom is 0.319 e. The Morgan fingerprint density at radius 3 is 3.00 bits per heavy atom. The number of nitrogens with one attached hydrogen (secondary N) is 1. The molecule has 0 amide bonds. The number of carbonyl (C=O) groups excluding carboxylic acids is 1. The van der Waals surface area contributed by atoms with E-state index in [1.54, 1.807) is 6.20 Å². The highest BCUT2D eigenvalue weighted by Gasteiger charge is 2.14. The van der Waals surface area contributed by atoms with Gasteiger partial charge in [0, 0.05) is 24.7 Å². The van der Waals surface area contributed by atoms with Crippen molar-refractivity contribution in [2.75, 3.05) is 13.7 Å². The van der Waals surface area contributed by atoms with Gasteiger partial charge in [0.25, 0.3) is 0 Å². The number of fused-ring (bicyclic) bond motifs is 1. The lowest BCUT2D eigenvalue weighted by Gasteiger charge is -2.10. The average molecular weight is 370 g/mol. The number of carbonyl (C=O) groups is 1. The number of pyridine rings is 1. The quantitative estimate of drug-likeness (QED) is 0.499. The Kier molecular flexibility index (Phi) is 5.09. The van der Waals surface area contributed by atoms with Gasteiger partial charge in [-0.15, -0.1) is 0 Å². The molecule has 19 heavy (non-hydrogen) atoms. The Morgan fingerprint density at radius 2 is 2.21 bits per heavy atom. The highest BCUT2D eigenvalue weighted by molar-refractivity contribution is 14.1. The van der Waals surface area contributed by atoms with E-state index in [4.69, 9.17) is 0 Å². The van der Waals surface area contributed by atoms with Gasteiger partial charge in [0.15, 0.2) is 0 Å². The predicted molar refractivity (Wildman–Crippen MR) is 83.3 cm³/mol. The van der Waals surface area contributed by atoms with Crippen LogP contribution in [0.5, 0.6) is 0 Å². The molecule has 4 nitrogen and oxygen atoms in total. The zero-order valence-corrected chi connectivity index (χ0v) is 12.8. The molecule has 1 atom stereocenters. The summed E-state index contributed by atoms with van der Waals surface area (Å²) in [6.07, 6.45) is 1.79. The lowest BCUT2D eigenvalue weighted by molar-refractivity contribution is -0.139. The second-order valence-corrected chi connectivity index (χ2v) is 5.62. The topological polar surface area (TPSA) is 51.2 Å². The van der Waals surface area contributed by atoms with Crippen LogP contribution in [0, 0.1) is 0 Å². The summed E-state index contributed by atoms with van der Waals surface area (Å²) in [5.74, 6) is -0.204. The molecular formula is C14H15IN2O2. The smallest absolute Gasteiger partial charge is 0.319 e. The van der Waals surface area contributed by atoms with Crippen molar-refractivity contribution in [3.05, 3.63) is 42.1 Å². The fraction of sp³-hybridized carbons (Fsp3) is 0.286. The van der Waals surface area contributed by atoms with Gasteiger partial charge in [-0.1, -0.05) is 46.9 Å². The minimum Gasteiger partial charge on any atom is -0.468 e. The number of hydrogen-bond acceptors (Lipinski definition) is 4. The molecule has 0 aliphatic rings. The largest absolute Gasteiger partial charge is 0.468 e. The number of hydrogen-bond donors (Lipinski definition) is 1. The van der Waals surface area contributed by atoms with Crippen molar-refractivity contribution in [3.63, 3.8) is 0 Å². The average Bonchev–Trinajstić information content (AvgIpc) is 2.46. The molecule has 1 heterocycles. The first-order valence-corrected chi connectivity index (χ1v) is 7.22. The molecule has 2 rings (SSSR count). The number of para-hydroxylation sites is 1. The number of rotatable bonds is 5. The molecule has 0 saturated carbocycles. The number of ether oxygens (including phenoxy) is 1. The van der Waals surface area contributed by atoms with Crippen LogP contribution in [0.25, 0.3) is 10.9 Å². The predicted octanol–water partition coefficient (Wildman–Crippen LogP) is 2.30. The lowest BCUT2D eigenvalue weighted by atomic mass is 10.1. The molecule has 1 aromatic heterocycles. The SMILES string of the molecule is COC(=O)C(I)CNCc1cccc2cccnc12. The van der Waals surface area contributed by atoms with Crippen LogP contribution in [0.4, 0.5) is 0 Å². The van der Waals surface area contributed by atoms with Gasteiger partial charge in [-0.05, 0) is 11.6 Å². The molecule has 0 aliphatic carbocycles.